The lowest BCUT2D eigenvalue weighted by atomic mass is 10.1. The lowest BCUT2D eigenvalue weighted by molar-refractivity contribution is -0.140. The first-order chi connectivity index (χ1) is 13.3. The van der Waals surface area contributed by atoms with Crippen molar-refractivity contribution in [1.29, 1.82) is 0 Å². The molecule has 0 bridgehead atoms. The van der Waals surface area contributed by atoms with E-state index in [1.165, 1.54) is 0 Å². The van der Waals surface area contributed by atoms with Crippen LogP contribution in [0.25, 0.3) is 21.8 Å². The van der Waals surface area contributed by atoms with Crippen LogP contribution in [-0.2, 0) is 11.3 Å². The fourth-order valence-electron chi connectivity index (χ4n) is 3.52. The third-order valence-electron chi connectivity index (χ3n) is 5.05. The van der Waals surface area contributed by atoms with E-state index in [1.54, 1.807) is 0 Å². The van der Waals surface area contributed by atoms with Crippen molar-refractivity contribution in [2.45, 2.75) is 12.6 Å². The van der Waals surface area contributed by atoms with Gasteiger partial charge in [-0.3, -0.25) is 4.79 Å². The minimum absolute atomic E-state index is 0.00372. The van der Waals surface area contributed by atoms with E-state index in [4.69, 9.17) is 4.74 Å². The molecule has 0 N–H and O–H groups in total. The molecule has 0 aliphatic carbocycles. The summed E-state index contributed by atoms with van der Waals surface area (Å²) in [7, 11) is 0. The minimum Gasteiger partial charge on any atom is -0.471 e. The number of rotatable bonds is 4. The van der Waals surface area contributed by atoms with E-state index in [-0.39, 0.29) is 12.0 Å². The van der Waals surface area contributed by atoms with Crippen molar-refractivity contribution >= 4 is 27.7 Å². The Morgan fingerprint density at radius 1 is 0.963 bits per heavy atom. The molecular weight excluding hydrogens is 338 g/mol. The van der Waals surface area contributed by atoms with Crippen molar-refractivity contribution < 1.29 is 9.53 Å². The van der Waals surface area contributed by atoms with Crippen molar-refractivity contribution in [3.8, 4) is 5.88 Å². The number of likely N-dealkylation sites (tertiary alicyclic amines) is 1. The normalized spacial score (nSPS) is 14.4. The Hall–Kier alpha value is -3.34. The van der Waals surface area contributed by atoms with Gasteiger partial charge in [-0.05, 0) is 29.7 Å². The number of hydrogen-bond donors (Lipinski definition) is 0. The molecule has 1 aliphatic heterocycles. The van der Waals surface area contributed by atoms with Crippen molar-refractivity contribution in [2.75, 3.05) is 13.1 Å². The molecule has 27 heavy (non-hydrogen) atoms. The van der Waals surface area contributed by atoms with E-state index in [2.05, 4.69) is 11.1 Å². The number of fused-ring (bicyclic) bond motifs is 2. The lowest BCUT2D eigenvalue weighted by Crippen LogP contribution is -2.56. The largest absolute Gasteiger partial charge is 0.471 e. The molecule has 0 atom stereocenters. The predicted molar refractivity (Wildman–Crippen MR) is 105 cm³/mol. The van der Waals surface area contributed by atoms with Crippen molar-refractivity contribution in [1.82, 2.24) is 14.5 Å². The van der Waals surface area contributed by atoms with Gasteiger partial charge in [0.1, 0.15) is 12.6 Å². The molecule has 1 aliphatic rings. The molecule has 2 aromatic heterocycles. The molecule has 5 rings (SSSR count). The number of aromatic nitrogens is 2. The van der Waals surface area contributed by atoms with Crippen LogP contribution in [0.15, 0.2) is 72.9 Å². The molecule has 5 nitrogen and oxygen atoms in total. The number of para-hydroxylation sites is 2. The second kappa shape index (κ2) is 6.43. The van der Waals surface area contributed by atoms with E-state index in [0.29, 0.717) is 25.5 Å². The number of carbonyl (C=O) groups is 1. The molecule has 0 radical (unpaired) electrons. The monoisotopic (exact) mass is 357 g/mol. The molecule has 2 aromatic carbocycles. The molecule has 3 heterocycles. The maximum absolute atomic E-state index is 12.5. The molecule has 0 unspecified atom stereocenters. The van der Waals surface area contributed by atoms with Crippen LogP contribution in [0.2, 0.25) is 0 Å². The molecular formula is C22H19N3O2. The van der Waals surface area contributed by atoms with Crippen LogP contribution in [0.4, 0.5) is 0 Å². The Morgan fingerprint density at radius 2 is 1.74 bits per heavy atom. The summed E-state index contributed by atoms with van der Waals surface area (Å²) in [6, 6.07) is 22.0. The zero-order valence-corrected chi connectivity index (χ0v) is 14.8. The Kier molecular flexibility index (Phi) is 3.78. The number of nitrogens with zero attached hydrogens (tertiary/aromatic N) is 3. The van der Waals surface area contributed by atoms with Gasteiger partial charge in [-0.1, -0.05) is 36.4 Å². The summed E-state index contributed by atoms with van der Waals surface area (Å²) >= 11 is 0. The fourth-order valence-corrected chi connectivity index (χ4v) is 3.52. The summed E-state index contributed by atoms with van der Waals surface area (Å²) in [5.74, 6) is 0.727. The Labute approximate surface area is 156 Å². The number of amides is 1. The van der Waals surface area contributed by atoms with Gasteiger partial charge in [0.05, 0.1) is 18.6 Å². The predicted octanol–water partition coefficient (Wildman–Crippen LogP) is 3.48. The molecule has 1 fully saturated rings. The number of ether oxygens (including phenoxy) is 1. The van der Waals surface area contributed by atoms with Crippen LogP contribution >= 0.6 is 0 Å². The van der Waals surface area contributed by atoms with Gasteiger partial charge in [-0.15, -0.1) is 0 Å². The SMILES string of the molecule is O=C(Cn1ccc2ccccc21)N1CC(Oc2ccc3ccccc3n2)C1. The zero-order valence-electron chi connectivity index (χ0n) is 14.8. The molecule has 5 heteroatoms. The Bertz CT molecular complexity index is 1130. The number of hydrogen-bond acceptors (Lipinski definition) is 3. The summed E-state index contributed by atoms with van der Waals surface area (Å²) in [6.45, 7) is 1.56. The summed E-state index contributed by atoms with van der Waals surface area (Å²) in [4.78, 5) is 18.9. The number of benzene rings is 2. The third-order valence-corrected chi connectivity index (χ3v) is 5.05. The number of carbonyl (C=O) groups excluding carboxylic acids is 1. The van der Waals surface area contributed by atoms with Crippen LogP contribution in [0.5, 0.6) is 5.88 Å². The van der Waals surface area contributed by atoms with Gasteiger partial charge in [-0.25, -0.2) is 4.98 Å². The van der Waals surface area contributed by atoms with Gasteiger partial charge in [0.15, 0.2) is 0 Å². The quantitative estimate of drug-likeness (QED) is 0.562. The van der Waals surface area contributed by atoms with E-state index in [0.717, 1.165) is 21.8 Å². The first-order valence-corrected chi connectivity index (χ1v) is 9.10. The Balaban J connectivity index is 1.20. The first-order valence-electron chi connectivity index (χ1n) is 9.10. The van der Waals surface area contributed by atoms with E-state index in [9.17, 15) is 4.79 Å². The smallest absolute Gasteiger partial charge is 0.242 e. The zero-order chi connectivity index (χ0) is 18.2. The van der Waals surface area contributed by atoms with Crippen LogP contribution in [0, 0.1) is 0 Å². The highest BCUT2D eigenvalue weighted by Crippen LogP contribution is 2.21. The molecule has 4 aromatic rings. The average Bonchev–Trinajstić information content (AvgIpc) is 3.07. The van der Waals surface area contributed by atoms with E-state index >= 15 is 0 Å². The maximum Gasteiger partial charge on any atom is 0.242 e. The summed E-state index contributed by atoms with van der Waals surface area (Å²) in [5, 5.41) is 2.24. The number of pyridine rings is 1. The highest BCUT2D eigenvalue weighted by molar-refractivity contribution is 5.83. The highest BCUT2D eigenvalue weighted by Gasteiger charge is 2.32. The highest BCUT2D eigenvalue weighted by atomic mass is 16.5. The topological polar surface area (TPSA) is 47.4 Å². The van der Waals surface area contributed by atoms with Crippen LogP contribution in [-0.4, -0.2) is 39.6 Å². The molecule has 1 amide bonds. The van der Waals surface area contributed by atoms with Crippen LogP contribution in [0.1, 0.15) is 0 Å². The minimum atomic E-state index is 0.00372. The van der Waals surface area contributed by atoms with Gasteiger partial charge in [0.2, 0.25) is 11.8 Å². The summed E-state index contributed by atoms with van der Waals surface area (Å²) in [6.07, 6.45) is 1.97. The van der Waals surface area contributed by atoms with Crippen molar-refractivity contribution in [3.63, 3.8) is 0 Å². The fraction of sp³-hybridized carbons (Fsp3) is 0.182. The van der Waals surface area contributed by atoms with Crippen molar-refractivity contribution in [3.05, 3.63) is 72.9 Å². The first kappa shape index (κ1) is 15.9. The molecule has 1 saturated heterocycles. The summed E-state index contributed by atoms with van der Waals surface area (Å²) in [5.41, 5.74) is 2.00. The standard InChI is InChI=1S/C22H19N3O2/c26-22(15-24-12-11-17-6-2-4-8-20(17)24)25-13-18(14-25)27-21-10-9-16-5-1-3-7-19(16)23-21/h1-12,18H,13-15H2. The van der Waals surface area contributed by atoms with Crippen LogP contribution < -0.4 is 4.74 Å². The van der Waals surface area contributed by atoms with Crippen molar-refractivity contribution in [2.24, 2.45) is 0 Å². The van der Waals surface area contributed by atoms with E-state index < -0.39 is 0 Å². The second-order valence-corrected chi connectivity index (χ2v) is 6.88. The molecule has 0 spiro atoms. The molecule has 134 valence electrons. The van der Waals surface area contributed by atoms with Gasteiger partial charge in [0, 0.05) is 23.2 Å². The summed E-state index contributed by atoms with van der Waals surface area (Å²) < 4.78 is 7.93. The van der Waals surface area contributed by atoms with Gasteiger partial charge < -0.3 is 14.2 Å². The average molecular weight is 357 g/mol. The van der Waals surface area contributed by atoms with Gasteiger partial charge in [-0.2, -0.15) is 0 Å². The van der Waals surface area contributed by atoms with Crippen LogP contribution in [0.3, 0.4) is 0 Å². The molecule has 0 saturated carbocycles. The third kappa shape index (κ3) is 3.01. The lowest BCUT2D eigenvalue weighted by Gasteiger charge is -2.38. The van der Waals surface area contributed by atoms with Gasteiger partial charge in [0.25, 0.3) is 0 Å². The second-order valence-electron chi connectivity index (χ2n) is 6.88. The van der Waals surface area contributed by atoms with E-state index in [1.807, 2.05) is 76.3 Å². The van der Waals surface area contributed by atoms with Gasteiger partial charge >= 0.3 is 0 Å². The maximum atomic E-state index is 12.5. The Morgan fingerprint density at radius 3 is 2.63 bits per heavy atom.